The van der Waals surface area contributed by atoms with E-state index in [4.69, 9.17) is 10.2 Å². The fraction of sp³-hybridized carbons (Fsp3) is 0.857. The van der Waals surface area contributed by atoms with E-state index in [0.29, 0.717) is 12.8 Å². The summed E-state index contributed by atoms with van der Waals surface area (Å²) in [5, 5.41) is 17.6. The van der Waals surface area contributed by atoms with Crippen molar-refractivity contribution in [1.82, 2.24) is 0 Å². The monoisotopic (exact) mass is 146 g/mol. The highest BCUT2D eigenvalue weighted by Crippen LogP contribution is 2.11. The van der Waals surface area contributed by atoms with Crippen molar-refractivity contribution in [3.63, 3.8) is 0 Å². The molecule has 0 aromatic heterocycles. The fourth-order valence-corrected chi connectivity index (χ4v) is 0.896. The van der Waals surface area contributed by atoms with Gasteiger partial charge in [-0.1, -0.05) is 13.8 Å². The Hall–Kier alpha value is -0.570. The fourth-order valence-electron chi connectivity index (χ4n) is 0.896. The van der Waals surface area contributed by atoms with Gasteiger partial charge < -0.3 is 10.2 Å². The summed E-state index contributed by atoms with van der Waals surface area (Å²) in [4.78, 5) is 10.4. The number of carboxylic acid groups (broad SMARTS) is 1. The Morgan fingerprint density at radius 1 is 1.40 bits per heavy atom. The van der Waals surface area contributed by atoms with Gasteiger partial charge in [0.15, 0.2) is 0 Å². The smallest absolute Gasteiger partial charge is 0.309 e. The lowest BCUT2D eigenvalue weighted by molar-refractivity contribution is -0.145. The van der Waals surface area contributed by atoms with Gasteiger partial charge in [0, 0.05) is 0 Å². The Morgan fingerprint density at radius 2 is 1.90 bits per heavy atom. The van der Waals surface area contributed by atoms with Crippen molar-refractivity contribution >= 4 is 5.97 Å². The van der Waals surface area contributed by atoms with E-state index < -0.39 is 18.0 Å². The van der Waals surface area contributed by atoms with Gasteiger partial charge in [0.2, 0.25) is 0 Å². The number of carbonyl (C=O) groups is 1. The largest absolute Gasteiger partial charge is 0.481 e. The Bertz CT molecular complexity index is 111. The Morgan fingerprint density at radius 3 is 2.00 bits per heavy atom. The number of hydrogen-bond donors (Lipinski definition) is 2. The lowest BCUT2D eigenvalue weighted by Crippen LogP contribution is -2.26. The molecule has 0 saturated heterocycles. The molecule has 2 atom stereocenters. The molecule has 0 aromatic rings. The first-order chi connectivity index (χ1) is 4.63. The number of rotatable bonds is 4. The summed E-state index contributed by atoms with van der Waals surface area (Å²) in [6.45, 7) is 3.54. The molecule has 0 amide bonds. The topological polar surface area (TPSA) is 57.5 Å². The lowest BCUT2D eigenvalue weighted by atomic mass is 9.98. The van der Waals surface area contributed by atoms with E-state index in [2.05, 4.69) is 0 Å². The molecule has 1 unspecified atom stereocenters. The van der Waals surface area contributed by atoms with Crippen LogP contribution in [0.25, 0.3) is 0 Å². The highest BCUT2D eigenvalue weighted by atomic mass is 16.4. The summed E-state index contributed by atoms with van der Waals surface area (Å²) >= 11 is 0. The van der Waals surface area contributed by atoms with Crippen LogP contribution in [0.4, 0.5) is 0 Å². The van der Waals surface area contributed by atoms with E-state index in [1.54, 1.807) is 13.8 Å². The maximum absolute atomic E-state index is 10.4. The van der Waals surface area contributed by atoms with Crippen molar-refractivity contribution in [3.8, 4) is 0 Å². The molecular weight excluding hydrogens is 132 g/mol. The number of aliphatic carboxylic acids is 1. The van der Waals surface area contributed by atoms with Crippen molar-refractivity contribution in [3.05, 3.63) is 0 Å². The van der Waals surface area contributed by atoms with Gasteiger partial charge in [-0.25, -0.2) is 0 Å². The van der Waals surface area contributed by atoms with Crippen LogP contribution in [-0.4, -0.2) is 22.3 Å². The van der Waals surface area contributed by atoms with Crippen LogP contribution in [0.2, 0.25) is 0 Å². The quantitative estimate of drug-likeness (QED) is 0.618. The third-order valence-corrected chi connectivity index (χ3v) is 1.64. The molecule has 0 rings (SSSR count). The minimum Gasteiger partial charge on any atom is -0.481 e. The number of hydrogen-bond acceptors (Lipinski definition) is 2. The van der Waals surface area contributed by atoms with E-state index in [1.807, 2.05) is 0 Å². The molecule has 0 aromatic carbocycles. The van der Waals surface area contributed by atoms with Gasteiger partial charge in [-0.05, 0) is 12.8 Å². The van der Waals surface area contributed by atoms with Crippen LogP contribution in [0.5, 0.6) is 0 Å². The molecule has 0 bridgehead atoms. The summed E-state index contributed by atoms with van der Waals surface area (Å²) in [5.41, 5.74) is 0. The van der Waals surface area contributed by atoms with E-state index >= 15 is 0 Å². The zero-order chi connectivity index (χ0) is 8.15. The molecule has 0 saturated carbocycles. The summed E-state index contributed by atoms with van der Waals surface area (Å²) in [6, 6.07) is 0. The van der Waals surface area contributed by atoms with Gasteiger partial charge in [0.25, 0.3) is 0 Å². The molecule has 0 heterocycles. The van der Waals surface area contributed by atoms with E-state index in [9.17, 15) is 4.79 Å². The van der Waals surface area contributed by atoms with Crippen molar-refractivity contribution in [2.45, 2.75) is 32.8 Å². The van der Waals surface area contributed by atoms with Crippen LogP contribution in [0, 0.1) is 5.92 Å². The summed E-state index contributed by atoms with van der Waals surface area (Å²) < 4.78 is 0. The molecule has 2 N–H and O–H groups in total. The second-order valence-corrected chi connectivity index (χ2v) is 2.33. The van der Waals surface area contributed by atoms with E-state index in [-0.39, 0.29) is 0 Å². The molecule has 0 fully saturated rings. The van der Waals surface area contributed by atoms with Crippen molar-refractivity contribution in [2.24, 2.45) is 5.92 Å². The third kappa shape index (κ3) is 2.35. The Balaban J connectivity index is 3.92. The molecule has 3 nitrogen and oxygen atoms in total. The van der Waals surface area contributed by atoms with Gasteiger partial charge in [-0.3, -0.25) is 4.79 Å². The maximum atomic E-state index is 10.4. The Labute approximate surface area is 60.7 Å². The lowest BCUT2D eigenvalue weighted by Gasteiger charge is -2.14. The predicted molar refractivity (Wildman–Crippen MR) is 37.7 cm³/mol. The maximum Gasteiger partial charge on any atom is 0.309 e. The number of aliphatic hydroxyl groups is 1. The SMILES string of the molecule is CCC(C(=O)O)[C@H](O)CC. The molecule has 0 aliphatic heterocycles. The summed E-state index contributed by atoms with van der Waals surface area (Å²) in [5.74, 6) is -1.50. The average Bonchev–Trinajstić information content (AvgIpc) is 1.88. The number of aliphatic hydroxyl groups excluding tert-OH is 1. The highest BCUT2D eigenvalue weighted by Gasteiger charge is 2.22. The number of carboxylic acids is 1. The van der Waals surface area contributed by atoms with Crippen LogP contribution in [-0.2, 0) is 4.79 Å². The molecule has 0 aliphatic rings. The van der Waals surface area contributed by atoms with Gasteiger partial charge in [0.1, 0.15) is 0 Å². The van der Waals surface area contributed by atoms with E-state index in [0.717, 1.165) is 0 Å². The first-order valence-corrected chi connectivity index (χ1v) is 3.54. The molecule has 0 spiro atoms. The normalized spacial score (nSPS) is 16.3. The first kappa shape index (κ1) is 9.43. The van der Waals surface area contributed by atoms with Crippen LogP contribution in [0.15, 0.2) is 0 Å². The highest BCUT2D eigenvalue weighted by molar-refractivity contribution is 5.70. The van der Waals surface area contributed by atoms with Crippen LogP contribution < -0.4 is 0 Å². The zero-order valence-corrected chi connectivity index (χ0v) is 6.37. The van der Waals surface area contributed by atoms with Gasteiger partial charge in [-0.2, -0.15) is 0 Å². The van der Waals surface area contributed by atoms with Gasteiger partial charge in [0.05, 0.1) is 12.0 Å². The first-order valence-electron chi connectivity index (χ1n) is 3.54. The van der Waals surface area contributed by atoms with Crippen LogP contribution >= 0.6 is 0 Å². The standard InChI is InChI=1S/C7H14O3/c1-3-5(7(9)10)6(8)4-2/h5-6,8H,3-4H2,1-2H3,(H,9,10)/t5?,6-/m1/s1. The molecule has 60 valence electrons. The Kier molecular flexibility index (Phi) is 4.03. The molecule has 0 radical (unpaired) electrons. The van der Waals surface area contributed by atoms with Crippen molar-refractivity contribution in [1.29, 1.82) is 0 Å². The second-order valence-electron chi connectivity index (χ2n) is 2.33. The molecule has 0 aliphatic carbocycles. The molecule has 10 heavy (non-hydrogen) atoms. The van der Waals surface area contributed by atoms with Gasteiger partial charge in [-0.15, -0.1) is 0 Å². The molecule has 3 heteroatoms. The van der Waals surface area contributed by atoms with Crippen molar-refractivity contribution in [2.75, 3.05) is 0 Å². The van der Waals surface area contributed by atoms with Gasteiger partial charge >= 0.3 is 5.97 Å². The predicted octanol–water partition coefficient (Wildman–Crippen LogP) is 0.868. The van der Waals surface area contributed by atoms with Crippen molar-refractivity contribution < 1.29 is 15.0 Å². The summed E-state index contributed by atoms with van der Waals surface area (Å²) in [7, 11) is 0. The minimum atomic E-state index is -0.906. The van der Waals surface area contributed by atoms with E-state index in [1.165, 1.54) is 0 Å². The van der Waals surface area contributed by atoms with Crippen LogP contribution in [0.3, 0.4) is 0 Å². The van der Waals surface area contributed by atoms with Crippen LogP contribution in [0.1, 0.15) is 26.7 Å². The molecular formula is C7H14O3. The third-order valence-electron chi connectivity index (χ3n) is 1.64. The minimum absolute atomic E-state index is 0.490. The average molecular weight is 146 g/mol. The zero-order valence-electron chi connectivity index (χ0n) is 6.37. The summed E-state index contributed by atoms with van der Waals surface area (Å²) in [6.07, 6.45) is 0.303. The second kappa shape index (κ2) is 4.28.